The molecule has 2 saturated carbocycles. The van der Waals surface area contributed by atoms with Crippen molar-refractivity contribution >= 4 is 23.6 Å². The Hall–Kier alpha value is -5.47. The summed E-state index contributed by atoms with van der Waals surface area (Å²) in [6.07, 6.45) is -4.25. The fourth-order valence-corrected chi connectivity index (χ4v) is 9.64. The summed E-state index contributed by atoms with van der Waals surface area (Å²) >= 11 is 0. The van der Waals surface area contributed by atoms with Crippen molar-refractivity contribution in [3.8, 4) is 11.1 Å². The zero-order valence-corrected chi connectivity index (χ0v) is 29.9. The molecule has 56 heavy (non-hydrogen) atoms. The van der Waals surface area contributed by atoms with Crippen molar-refractivity contribution in [2.45, 2.75) is 49.9 Å². The molecular formula is C41H37F6N5O4. The predicted molar refractivity (Wildman–Crippen MR) is 192 cm³/mol. The average molecular weight is 778 g/mol. The molecule has 4 fully saturated rings. The highest BCUT2D eigenvalue weighted by atomic mass is 19.4. The Morgan fingerprint density at radius 2 is 1.16 bits per heavy atom. The Morgan fingerprint density at radius 3 is 1.73 bits per heavy atom. The summed E-state index contributed by atoms with van der Waals surface area (Å²) in [4.78, 5) is 49.8. The largest absolute Gasteiger partial charge is 0.478 e. The number of rotatable bonds is 6. The van der Waals surface area contributed by atoms with Gasteiger partial charge in [0.05, 0.1) is 22.4 Å². The molecule has 8 rings (SSSR count). The van der Waals surface area contributed by atoms with Crippen molar-refractivity contribution in [1.29, 1.82) is 0 Å². The Labute approximate surface area is 317 Å². The van der Waals surface area contributed by atoms with Gasteiger partial charge in [-0.1, -0.05) is 36.4 Å². The number of carboxylic acids is 1. The molecular weight excluding hydrogens is 740 g/mol. The number of aromatic carboxylic acids is 1. The molecule has 3 amide bonds. The van der Waals surface area contributed by atoms with Crippen LogP contribution in [0.5, 0.6) is 0 Å². The van der Waals surface area contributed by atoms with Crippen LogP contribution in [0.15, 0.2) is 79.1 Å². The van der Waals surface area contributed by atoms with Crippen LogP contribution in [-0.4, -0.2) is 69.0 Å². The number of benzene rings is 3. The van der Waals surface area contributed by atoms with Crippen LogP contribution >= 0.6 is 0 Å². The minimum absolute atomic E-state index is 0.0170. The van der Waals surface area contributed by atoms with Crippen molar-refractivity contribution in [2.24, 2.45) is 23.7 Å². The first-order chi connectivity index (χ1) is 26.6. The lowest BCUT2D eigenvalue weighted by Crippen LogP contribution is -2.34. The van der Waals surface area contributed by atoms with E-state index in [4.69, 9.17) is 0 Å². The van der Waals surface area contributed by atoms with E-state index in [1.54, 1.807) is 23.1 Å². The second kappa shape index (κ2) is 14.2. The van der Waals surface area contributed by atoms with Crippen molar-refractivity contribution < 1.29 is 45.8 Å². The smallest absolute Gasteiger partial charge is 0.416 e. The third-order valence-electron chi connectivity index (χ3n) is 12.2. The first kappa shape index (κ1) is 37.5. The molecule has 3 heterocycles. The Balaban J connectivity index is 0.942. The van der Waals surface area contributed by atoms with Crippen LogP contribution in [0.1, 0.15) is 80.7 Å². The minimum atomic E-state index is -4.69. The monoisotopic (exact) mass is 777 g/mol. The molecule has 2 unspecified atom stereocenters. The number of urea groups is 1. The van der Waals surface area contributed by atoms with Gasteiger partial charge >= 0.3 is 24.4 Å². The number of carbonyl (C=O) groups is 3. The Kier molecular flexibility index (Phi) is 9.52. The van der Waals surface area contributed by atoms with Gasteiger partial charge in [-0.15, -0.1) is 0 Å². The van der Waals surface area contributed by atoms with Gasteiger partial charge < -0.3 is 20.2 Å². The number of fused-ring (bicyclic) bond motifs is 2. The summed E-state index contributed by atoms with van der Waals surface area (Å²) in [5.74, 6) is -2.23. The molecule has 0 spiro atoms. The zero-order valence-electron chi connectivity index (χ0n) is 29.9. The van der Waals surface area contributed by atoms with Crippen LogP contribution in [0.3, 0.4) is 0 Å². The number of hydrogen-bond acceptors (Lipinski definition) is 5. The molecule has 292 valence electrons. The number of amides is 3. The van der Waals surface area contributed by atoms with Crippen molar-refractivity contribution in [3.63, 3.8) is 0 Å². The molecule has 6 atom stereocenters. The molecule has 2 aliphatic carbocycles. The number of nitrogens with zero attached hydrogens (tertiary/aromatic N) is 4. The van der Waals surface area contributed by atoms with Gasteiger partial charge in [-0.3, -0.25) is 4.79 Å². The van der Waals surface area contributed by atoms with E-state index in [2.05, 4.69) is 15.3 Å². The molecule has 0 bridgehead atoms. The average Bonchev–Trinajstić information content (AvgIpc) is 3.95. The number of hydrogen-bond donors (Lipinski definition) is 2. The standard InChI is InChI=1S/C41H37F6N5O4/c42-40(43,44)33-5-2-1-4-30(33)24-12-28-20-52(21-29(28)13-24)39(56)50-35-9-7-22(16-32(35)38(54)55)23-6-8-31(34(17-23)41(45,46)47)25-14-26-18-51(19-27(26)15-25)37(53)36-48-10-3-11-49-36/h1-11,16-17,24-29H,12-15,18-21H2,(H,50,56)(H,54,55)/t24?,25?,26-,27+,28-,29+. The van der Waals surface area contributed by atoms with Crippen molar-refractivity contribution in [1.82, 2.24) is 19.8 Å². The van der Waals surface area contributed by atoms with Crippen LogP contribution < -0.4 is 5.32 Å². The molecule has 0 radical (unpaired) electrons. The third kappa shape index (κ3) is 7.18. The Morgan fingerprint density at radius 1 is 0.643 bits per heavy atom. The maximum Gasteiger partial charge on any atom is 0.416 e. The number of likely N-dealkylation sites (tertiary alicyclic amines) is 2. The summed E-state index contributed by atoms with van der Waals surface area (Å²) in [5.41, 5.74) is -0.981. The predicted octanol–water partition coefficient (Wildman–Crippen LogP) is 8.80. The van der Waals surface area contributed by atoms with Crippen molar-refractivity contribution in [2.75, 3.05) is 31.5 Å². The summed E-state index contributed by atoms with van der Waals surface area (Å²) in [7, 11) is 0. The van der Waals surface area contributed by atoms with E-state index in [0.717, 1.165) is 12.1 Å². The molecule has 4 aromatic rings. The molecule has 15 heteroatoms. The van der Waals surface area contributed by atoms with Crippen LogP contribution in [0, 0.1) is 23.7 Å². The van der Waals surface area contributed by atoms with Gasteiger partial charge in [-0.25, -0.2) is 19.6 Å². The number of halogens is 6. The summed E-state index contributed by atoms with van der Waals surface area (Å²) in [5, 5.41) is 12.7. The maximum absolute atomic E-state index is 14.6. The van der Waals surface area contributed by atoms with E-state index in [0.29, 0.717) is 51.9 Å². The van der Waals surface area contributed by atoms with Gasteiger partial charge in [0.25, 0.3) is 5.91 Å². The van der Waals surface area contributed by atoms with E-state index in [-0.39, 0.29) is 80.7 Å². The molecule has 2 aliphatic heterocycles. The molecule has 1 aromatic heterocycles. The van der Waals surface area contributed by atoms with Gasteiger partial charge in [0.15, 0.2) is 0 Å². The Bertz CT molecular complexity index is 2150. The first-order valence-corrected chi connectivity index (χ1v) is 18.5. The number of alkyl halides is 6. The molecule has 3 aromatic carbocycles. The zero-order chi connectivity index (χ0) is 39.5. The second-order valence-corrected chi connectivity index (χ2v) is 15.4. The molecule has 4 aliphatic rings. The molecule has 9 nitrogen and oxygen atoms in total. The van der Waals surface area contributed by atoms with Crippen LogP contribution in [0.25, 0.3) is 11.1 Å². The normalized spacial score (nSPS) is 24.6. The van der Waals surface area contributed by atoms with E-state index in [1.165, 1.54) is 53.7 Å². The fourth-order valence-electron chi connectivity index (χ4n) is 9.64. The molecule has 2 saturated heterocycles. The van der Waals surface area contributed by atoms with Gasteiger partial charge in [0.2, 0.25) is 5.82 Å². The van der Waals surface area contributed by atoms with E-state index < -0.39 is 35.5 Å². The number of nitrogens with one attached hydrogen (secondary N) is 1. The van der Waals surface area contributed by atoms with Crippen LogP contribution in [0.2, 0.25) is 0 Å². The number of carbonyl (C=O) groups excluding carboxylic acids is 2. The van der Waals surface area contributed by atoms with Crippen LogP contribution in [-0.2, 0) is 12.4 Å². The lowest BCUT2D eigenvalue weighted by Gasteiger charge is -2.23. The lowest BCUT2D eigenvalue weighted by molar-refractivity contribution is -0.139. The van der Waals surface area contributed by atoms with Crippen LogP contribution in [0.4, 0.5) is 36.8 Å². The number of aromatic nitrogens is 2. The highest BCUT2D eigenvalue weighted by molar-refractivity contribution is 6.01. The first-order valence-electron chi connectivity index (χ1n) is 18.5. The summed E-state index contributed by atoms with van der Waals surface area (Å²) in [6, 6.07) is 14.7. The van der Waals surface area contributed by atoms with Crippen molar-refractivity contribution in [3.05, 3.63) is 113 Å². The SMILES string of the molecule is O=C(O)c1cc(-c2ccc(C3C[C@@H]4CN(C(=O)c5ncccn5)C[C@@H]4C3)c(C(F)(F)F)c2)ccc1NC(=O)N1C[C@H]2CC(c3ccccc3C(F)(F)F)C[C@H]2C1. The highest BCUT2D eigenvalue weighted by Crippen LogP contribution is 2.51. The van der Waals surface area contributed by atoms with E-state index in [9.17, 15) is 45.8 Å². The minimum Gasteiger partial charge on any atom is -0.478 e. The van der Waals surface area contributed by atoms with E-state index in [1.807, 2.05) is 0 Å². The summed E-state index contributed by atoms with van der Waals surface area (Å²) in [6.45, 7) is 1.43. The highest BCUT2D eigenvalue weighted by Gasteiger charge is 2.47. The maximum atomic E-state index is 14.6. The quantitative estimate of drug-likeness (QED) is 0.189. The topological polar surface area (TPSA) is 116 Å². The van der Waals surface area contributed by atoms with E-state index >= 15 is 0 Å². The van der Waals surface area contributed by atoms with Gasteiger partial charge in [0, 0.05) is 38.6 Å². The second-order valence-electron chi connectivity index (χ2n) is 15.4. The summed E-state index contributed by atoms with van der Waals surface area (Å²) < 4.78 is 84.8. The van der Waals surface area contributed by atoms with Gasteiger partial charge in [-0.2, -0.15) is 26.3 Å². The van der Waals surface area contributed by atoms with Gasteiger partial charge in [0.1, 0.15) is 0 Å². The number of anilines is 1. The third-order valence-corrected chi connectivity index (χ3v) is 12.2. The van der Waals surface area contributed by atoms with Gasteiger partial charge in [-0.05, 0) is 114 Å². The fraction of sp³-hybridized carbons (Fsp3) is 0.390. The molecule has 2 N–H and O–H groups in total. The lowest BCUT2D eigenvalue weighted by atomic mass is 9.88. The number of carboxylic acid groups (broad SMARTS) is 1.